The van der Waals surface area contributed by atoms with Crippen LogP contribution in [0.5, 0.6) is 5.75 Å². The van der Waals surface area contributed by atoms with Crippen molar-refractivity contribution in [2.24, 2.45) is 0 Å². The first-order valence-electron chi connectivity index (χ1n) is 9.76. The van der Waals surface area contributed by atoms with E-state index in [1.54, 1.807) is 59.4 Å². The average molecular weight is 393 g/mol. The van der Waals surface area contributed by atoms with Crippen LogP contribution in [0.4, 0.5) is 17.1 Å². The molecule has 0 saturated carbocycles. The summed E-state index contributed by atoms with van der Waals surface area (Å²) in [6.45, 7) is 2.55. The molecule has 0 spiro atoms. The molecule has 1 fully saturated rings. The summed E-state index contributed by atoms with van der Waals surface area (Å²) in [6, 6.07) is 11.8. The smallest absolute Gasteiger partial charge is 0.255 e. The Balaban J connectivity index is 1.66. The van der Waals surface area contributed by atoms with Gasteiger partial charge in [-0.25, -0.2) is 0 Å². The number of ether oxygens (including phenoxy) is 1. The van der Waals surface area contributed by atoms with Crippen LogP contribution in [0.15, 0.2) is 42.5 Å². The van der Waals surface area contributed by atoms with Crippen LogP contribution in [0.3, 0.4) is 0 Å². The van der Waals surface area contributed by atoms with E-state index in [1.807, 2.05) is 6.92 Å². The lowest BCUT2D eigenvalue weighted by Crippen LogP contribution is -2.52. The second-order valence-electron chi connectivity index (χ2n) is 7.19. The van der Waals surface area contributed by atoms with E-state index in [2.05, 4.69) is 5.32 Å². The van der Waals surface area contributed by atoms with Crippen LogP contribution >= 0.6 is 0 Å². The fourth-order valence-corrected chi connectivity index (χ4v) is 3.93. The monoisotopic (exact) mass is 393 g/mol. The van der Waals surface area contributed by atoms with Crippen LogP contribution in [0.25, 0.3) is 0 Å². The van der Waals surface area contributed by atoms with E-state index >= 15 is 0 Å². The Kier molecular flexibility index (Phi) is 4.96. The molecular formula is C22H23N3O4. The summed E-state index contributed by atoms with van der Waals surface area (Å²) in [5.74, 6) is 0.307. The Bertz CT molecular complexity index is 971. The molecule has 7 heteroatoms. The number of fused-ring (bicyclic) bond motifs is 3. The number of carbonyl (C=O) groups is 3. The molecule has 0 radical (unpaired) electrons. The van der Waals surface area contributed by atoms with Crippen molar-refractivity contribution in [2.75, 3.05) is 28.8 Å². The fraction of sp³-hybridized carbons (Fsp3) is 0.318. The predicted molar refractivity (Wildman–Crippen MR) is 111 cm³/mol. The molecule has 29 heavy (non-hydrogen) atoms. The molecule has 2 aromatic rings. The van der Waals surface area contributed by atoms with Gasteiger partial charge in [0.15, 0.2) is 0 Å². The van der Waals surface area contributed by atoms with Gasteiger partial charge in [0.25, 0.3) is 5.91 Å². The van der Waals surface area contributed by atoms with Crippen LogP contribution in [-0.4, -0.2) is 37.4 Å². The van der Waals surface area contributed by atoms with Crippen LogP contribution in [0.1, 0.15) is 36.5 Å². The normalized spacial score (nSPS) is 17.8. The molecule has 1 atom stereocenters. The highest BCUT2D eigenvalue weighted by atomic mass is 16.5. The van der Waals surface area contributed by atoms with Crippen molar-refractivity contribution < 1.29 is 19.1 Å². The summed E-state index contributed by atoms with van der Waals surface area (Å²) < 4.78 is 5.13. The standard InChI is InChI=1S/C22H23N3O4/c1-3-12-24-19-13-14(21(27)23-15-5-7-16(29-2)8-6-15)4-9-17(19)25-18(22(24)28)10-11-20(25)26/h4-9,13,18H,3,10-12H2,1-2H3,(H,23,27). The maximum absolute atomic E-state index is 13.0. The molecule has 0 aliphatic carbocycles. The third kappa shape index (κ3) is 3.33. The topological polar surface area (TPSA) is 79.0 Å². The second kappa shape index (κ2) is 7.58. The number of carbonyl (C=O) groups excluding carboxylic acids is 3. The molecule has 2 heterocycles. The van der Waals surface area contributed by atoms with Crippen molar-refractivity contribution in [2.45, 2.75) is 32.2 Å². The highest BCUT2D eigenvalue weighted by Crippen LogP contribution is 2.41. The van der Waals surface area contributed by atoms with Crippen molar-refractivity contribution in [3.63, 3.8) is 0 Å². The summed E-state index contributed by atoms with van der Waals surface area (Å²) in [6.07, 6.45) is 1.70. The van der Waals surface area contributed by atoms with Gasteiger partial charge in [-0.3, -0.25) is 19.3 Å². The maximum atomic E-state index is 13.0. The van der Waals surface area contributed by atoms with Gasteiger partial charge in [-0.2, -0.15) is 0 Å². The molecule has 0 aromatic heterocycles. The number of amides is 3. The third-order valence-electron chi connectivity index (χ3n) is 5.35. The number of hydrogen-bond acceptors (Lipinski definition) is 4. The number of anilines is 3. The van der Waals surface area contributed by atoms with Gasteiger partial charge in [0.1, 0.15) is 11.8 Å². The van der Waals surface area contributed by atoms with E-state index in [9.17, 15) is 14.4 Å². The number of benzene rings is 2. The van der Waals surface area contributed by atoms with Crippen LogP contribution in [0, 0.1) is 0 Å². The molecule has 3 amide bonds. The van der Waals surface area contributed by atoms with E-state index in [-0.39, 0.29) is 17.7 Å². The lowest BCUT2D eigenvalue weighted by Gasteiger charge is -2.38. The third-order valence-corrected chi connectivity index (χ3v) is 5.35. The summed E-state index contributed by atoms with van der Waals surface area (Å²) in [7, 11) is 1.58. The van der Waals surface area contributed by atoms with Crippen molar-refractivity contribution in [1.29, 1.82) is 0 Å². The van der Waals surface area contributed by atoms with Crippen molar-refractivity contribution >= 4 is 34.8 Å². The number of nitrogens with zero attached hydrogens (tertiary/aromatic N) is 2. The van der Waals surface area contributed by atoms with Gasteiger partial charge >= 0.3 is 0 Å². The molecule has 1 unspecified atom stereocenters. The molecule has 0 bridgehead atoms. The van der Waals surface area contributed by atoms with Gasteiger partial charge in [0.2, 0.25) is 11.8 Å². The maximum Gasteiger partial charge on any atom is 0.255 e. The molecule has 2 aliphatic heterocycles. The van der Waals surface area contributed by atoms with E-state index in [0.717, 1.165) is 6.42 Å². The minimum absolute atomic E-state index is 0.0452. The zero-order chi connectivity index (χ0) is 20.5. The first-order chi connectivity index (χ1) is 14.0. The van der Waals surface area contributed by atoms with E-state index < -0.39 is 6.04 Å². The summed E-state index contributed by atoms with van der Waals surface area (Å²) in [5, 5.41) is 2.85. The Morgan fingerprint density at radius 1 is 1.14 bits per heavy atom. The van der Waals surface area contributed by atoms with Crippen LogP contribution < -0.4 is 19.9 Å². The lowest BCUT2D eigenvalue weighted by molar-refractivity contribution is -0.122. The number of hydrogen-bond donors (Lipinski definition) is 1. The number of nitrogens with one attached hydrogen (secondary N) is 1. The summed E-state index contributed by atoms with van der Waals surface area (Å²) in [4.78, 5) is 41.4. The highest BCUT2D eigenvalue weighted by molar-refractivity contribution is 6.16. The van der Waals surface area contributed by atoms with Crippen molar-refractivity contribution in [3.8, 4) is 5.75 Å². The zero-order valence-electron chi connectivity index (χ0n) is 16.5. The van der Waals surface area contributed by atoms with Gasteiger partial charge in [-0.1, -0.05) is 6.92 Å². The molecule has 1 saturated heterocycles. The molecule has 150 valence electrons. The lowest BCUT2D eigenvalue weighted by atomic mass is 10.0. The first-order valence-corrected chi connectivity index (χ1v) is 9.76. The van der Waals surface area contributed by atoms with Gasteiger partial charge in [-0.15, -0.1) is 0 Å². The predicted octanol–water partition coefficient (Wildman–Crippen LogP) is 3.20. The van der Waals surface area contributed by atoms with Gasteiger partial charge < -0.3 is 15.0 Å². The summed E-state index contributed by atoms with van der Waals surface area (Å²) >= 11 is 0. The Hall–Kier alpha value is -3.35. The number of methoxy groups -OCH3 is 1. The van der Waals surface area contributed by atoms with Gasteiger partial charge in [-0.05, 0) is 55.3 Å². The largest absolute Gasteiger partial charge is 0.497 e. The van der Waals surface area contributed by atoms with Crippen molar-refractivity contribution in [3.05, 3.63) is 48.0 Å². The van der Waals surface area contributed by atoms with E-state index in [0.29, 0.717) is 47.8 Å². The minimum atomic E-state index is -0.430. The van der Waals surface area contributed by atoms with Crippen molar-refractivity contribution in [1.82, 2.24) is 0 Å². The molecular weight excluding hydrogens is 370 g/mol. The second-order valence-corrected chi connectivity index (χ2v) is 7.19. The zero-order valence-corrected chi connectivity index (χ0v) is 16.5. The molecule has 4 rings (SSSR count). The first kappa shape index (κ1) is 19.0. The van der Waals surface area contributed by atoms with E-state index in [1.165, 1.54) is 0 Å². The van der Waals surface area contributed by atoms with Gasteiger partial charge in [0, 0.05) is 24.2 Å². The van der Waals surface area contributed by atoms with Crippen LogP contribution in [-0.2, 0) is 9.59 Å². The Morgan fingerprint density at radius 3 is 2.59 bits per heavy atom. The minimum Gasteiger partial charge on any atom is -0.497 e. The number of rotatable bonds is 5. The van der Waals surface area contributed by atoms with Crippen LogP contribution in [0.2, 0.25) is 0 Å². The highest BCUT2D eigenvalue weighted by Gasteiger charge is 2.44. The summed E-state index contributed by atoms with van der Waals surface area (Å²) in [5.41, 5.74) is 2.39. The van der Waals surface area contributed by atoms with E-state index in [4.69, 9.17) is 4.74 Å². The fourth-order valence-electron chi connectivity index (χ4n) is 3.93. The molecule has 2 aromatic carbocycles. The molecule has 1 N–H and O–H groups in total. The quantitative estimate of drug-likeness (QED) is 0.846. The molecule has 2 aliphatic rings. The Morgan fingerprint density at radius 2 is 1.90 bits per heavy atom. The van der Waals surface area contributed by atoms with Gasteiger partial charge in [0.05, 0.1) is 18.5 Å². The SMILES string of the molecule is CCCN1C(=O)C2CCC(=O)N2c2ccc(C(=O)Nc3ccc(OC)cc3)cc21. The molecule has 7 nitrogen and oxygen atoms in total. The average Bonchev–Trinajstić information content (AvgIpc) is 3.13. The Labute approximate surface area is 169 Å².